The number of methoxy groups -OCH3 is 1. The Morgan fingerprint density at radius 2 is 2.15 bits per heavy atom. The fourth-order valence-corrected chi connectivity index (χ4v) is 2.65. The molecule has 0 aliphatic heterocycles. The fraction of sp³-hybridized carbons (Fsp3) is 0.250. The topological polar surface area (TPSA) is 39.2 Å². The number of ether oxygens (including phenoxy) is 1. The van der Waals surface area contributed by atoms with Crippen molar-refractivity contribution in [3.05, 3.63) is 57.8 Å². The summed E-state index contributed by atoms with van der Waals surface area (Å²) in [7, 11) is 1.62. The van der Waals surface area contributed by atoms with Crippen LogP contribution in [0.1, 0.15) is 28.5 Å². The van der Waals surface area contributed by atoms with Gasteiger partial charge in [-0.25, -0.2) is 0 Å². The van der Waals surface area contributed by atoms with Crippen molar-refractivity contribution in [3.8, 4) is 5.75 Å². The predicted molar refractivity (Wildman–Crippen MR) is 82.3 cm³/mol. The molecule has 0 saturated heterocycles. The van der Waals surface area contributed by atoms with Gasteiger partial charge in [0.25, 0.3) is 0 Å². The zero-order chi connectivity index (χ0) is 14.5. The molecule has 0 unspecified atom stereocenters. The predicted octanol–water partition coefficient (Wildman–Crippen LogP) is 3.84. The van der Waals surface area contributed by atoms with Crippen molar-refractivity contribution >= 4 is 21.7 Å². The number of rotatable bonds is 5. The zero-order valence-electron chi connectivity index (χ0n) is 11.5. The van der Waals surface area contributed by atoms with Crippen LogP contribution in [0.25, 0.3) is 0 Å². The number of nitrogens with zero attached hydrogens (tertiary/aromatic N) is 1. The lowest BCUT2D eigenvalue weighted by Crippen LogP contribution is -2.09. The molecule has 1 aromatic heterocycles. The molecule has 0 aliphatic rings. The molecule has 0 bridgehead atoms. The van der Waals surface area contributed by atoms with E-state index >= 15 is 0 Å². The van der Waals surface area contributed by atoms with Gasteiger partial charge in [0.15, 0.2) is 5.78 Å². The molecule has 0 amide bonds. The van der Waals surface area contributed by atoms with E-state index in [0.29, 0.717) is 12.1 Å². The second-order valence-corrected chi connectivity index (χ2v) is 5.29. The van der Waals surface area contributed by atoms with Gasteiger partial charge in [-0.15, -0.1) is 0 Å². The summed E-state index contributed by atoms with van der Waals surface area (Å²) in [4.78, 5) is 16.6. The van der Waals surface area contributed by atoms with Crippen molar-refractivity contribution in [1.29, 1.82) is 0 Å². The van der Waals surface area contributed by atoms with Gasteiger partial charge < -0.3 is 4.74 Å². The van der Waals surface area contributed by atoms with Gasteiger partial charge in [-0.2, -0.15) is 0 Å². The van der Waals surface area contributed by atoms with Gasteiger partial charge in [-0.3, -0.25) is 9.78 Å². The van der Waals surface area contributed by atoms with Gasteiger partial charge in [0.05, 0.1) is 11.6 Å². The van der Waals surface area contributed by atoms with Crippen molar-refractivity contribution in [2.24, 2.45) is 0 Å². The van der Waals surface area contributed by atoms with Gasteiger partial charge >= 0.3 is 0 Å². The molecular weight excluding hydrogens is 318 g/mol. The Bertz CT molecular complexity index is 626. The maximum absolute atomic E-state index is 12.4. The number of carbonyl (C=O) groups is 1. The first-order valence-electron chi connectivity index (χ1n) is 6.45. The largest absolute Gasteiger partial charge is 0.496 e. The highest BCUT2D eigenvalue weighted by molar-refractivity contribution is 9.10. The lowest BCUT2D eigenvalue weighted by atomic mass is 10.0. The fourth-order valence-electron chi connectivity index (χ4n) is 2.06. The Labute approximate surface area is 127 Å². The number of benzene rings is 1. The molecule has 0 saturated carbocycles. The summed E-state index contributed by atoms with van der Waals surface area (Å²) in [6, 6.07) is 9.47. The number of hydrogen-bond acceptors (Lipinski definition) is 3. The monoisotopic (exact) mass is 333 g/mol. The van der Waals surface area contributed by atoms with Crippen LogP contribution in [0.15, 0.2) is 41.0 Å². The molecule has 1 aromatic carbocycles. The van der Waals surface area contributed by atoms with Crippen LogP contribution >= 0.6 is 15.9 Å². The first kappa shape index (κ1) is 14.7. The smallest absolute Gasteiger partial charge is 0.185 e. The average molecular weight is 334 g/mol. The summed E-state index contributed by atoms with van der Waals surface area (Å²) in [6.07, 6.45) is 2.81. The van der Waals surface area contributed by atoms with Crippen LogP contribution in [0.2, 0.25) is 0 Å². The third-order valence-electron chi connectivity index (χ3n) is 3.12. The van der Waals surface area contributed by atoms with Crippen LogP contribution in [0, 0.1) is 0 Å². The Morgan fingerprint density at radius 1 is 1.35 bits per heavy atom. The van der Waals surface area contributed by atoms with E-state index < -0.39 is 0 Å². The number of pyridine rings is 1. The van der Waals surface area contributed by atoms with Crippen molar-refractivity contribution in [2.45, 2.75) is 19.8 Å². The van der Waals surface area contributed by atoms with Crippen LogP contribution < -0.4 is 4.74 Å². The van der Waals surface area contributed by atoms with E-state index in [-0.39, 0.29) is 5.78 Å². The highest BCUT2D eigenvalue weighted by Gasteiger charge is 2.13. The van der Waals surface area contributed by atoms with Crippen molar-refractivity contribution in [1.82, 2.24) is 4.98 Å². The molecule has 104 valence electrons. The van der Waals surface area contributed by atoms with E-state index in [4.69, 9.17) is 4.74 Å². The lowest BCUT2D eigenvalue weighted by Gasteiger charge is -2.07. The number of ketones is 1. The first-order chi connectivity index (χ1) is 9.65. The van der Waals surface area contributed by atoms with Crippen LogP contribution in [0.5, 0.6) is 5.75 Å². The summed E-state index contributed by atoms with van der Waals surface area (Å²) >= 11 is 3.43. The van der Waals surface area contributed by atoms with Crippen LogP contribution in [-0.4, -0.2) is 17.9 Å². The Morgan fingerprint density at radius 3 is 2.80 bits per heavy atom. The van der Waals surface area contributed by atoms with Crippen molar-refractivity contribution < 1.29 is 9.53 Å². The maximum Gasteiger partial charge on any atom is 0.185 e. The molecule has 0 N–H and O–H groups in total. The molecule has 3 nitrogen and oxygen atoms in total. The molecule has 0 atom stereocenters. The molecule has 0 aliphatic carbocycles. The lowest BCUT2D eigenvalue weighted by molar-refractivity contribution is 0.0987. The third kappa shape index (κ3) is 3.25. The zero-order valence-corrected chi connectivity index (χ0v) is 13.1. The molecule has 0 radical (unpaired) electrons. The van der Waals surface area contributed by atoms with Gasteiger partial charge in [0.2, 0.25) is 0 Å². The summed E-state index contributed by atoms with van der Waals surface area (Å²) in [5.74, 6) is 0.799. The maximum atomic E-state index is 12.4. The number of carbonyl (C=O) groups excluding carboxylic acids is 1. The summed E-state index contributed by atoms with van der Waals surface area (Å²) in [5, 5.41) is 0. The Kier molecular flexibility index (Phi) is 4.90. The van der Waals surface area contributed by atoms with Crippen LogP contribution in [-0.2, 0) is 12.8 Å². The Hall–Kier alpha value is -1.68. The molecule has 4 heteroatoms. The van der Waals surface area contributed by atoms with Gasteiger partial charge in [0, 0.05) is 12.6 Å². The van der Waals surface area contributed by atoms with E-state index in [1.165, 1.54) is 0 Å². The number of aryl methyl sites for hydroxylation is 1. The molecular formula is C16H16BrNO2. The molecule has 0 fully saturated rings. The quantitative estimate of drug-likeness (QED) is 0.780. The molecule has 20 heavy (non-hydrogen) atoms. The van der Waals surface area contributed by atoms with E-state index in [9.17, 15) is 4.79 Å². The third-order valence-corrected chi connectivity index (χ3v) is 3.74. The van der Waals surface area contributed by atoms with Gasteiger partial charge in [0.1, 0.15) is 11.4 Å². The van der Waals surface area contributed by atoms with E-state index in [0.717, 1.165) is 27.8 Å². The number of hydrogen-bond donors (Lipinski definition) is 0. The number of Topliss-reactive ketones (excluding diaryl/α,β-unsaturated/α-hetero) is 1. The highest BCUT2D eigenvalue weighted by atomic mass is 79.9. The minimum Gasteiger partial charge on any atom is -0.496 e. The normalized spacial score (nSPS) is 10.3. The van der Waals surface area contributed by atoms with E-state index in [1.54, 1.807) is 13.3 Å². The summed E-state index contributed by atoms with van der Waals surface area (Å²) in [6.45, 7) is 2.03. The average Bonchev–Trinajstić information content (AvgIpc) is 2.47. The second kappa shape index (κ2) is 6.66. The molecule has 2 rings (SSSR count). The van der Waals surface area contributed by atoms with Crippen LogP contribution in [0.4, 0.5) is 0 Å². The Balaban J connectivity index is 2.21. The SMILES string of the molecule is CCc1cccnc1C(=O)Cc1ccc(OC)c(Br)c1. The minimum absolute atomic E-state index is 0.0412. The minimum atomic E-state index is 0.0412. The van der Waals surface area contributed by atoms with Crippen molar-refractivity contribution in [3.63, 3.8) is 0 Å². The molecule has 0 spiro atoms. The van der Waals surface area contributed by atoms with E-state index in [1.807, 2.05) is 37.3 Å². The van der Waals surface area contributed by atoms with Gasteiger partial charge in [-0.1, -0.05) is 19.1 Å². The van der Waals surface area contributed by atoms with Crippen LogP contribution in [0.3, 0.4) is 0 Å². The summed E-state index contributed by atoms with van der Waals surface area (Å²) in [5.41, 5.74) is 2.50. The molecule has 1 heterocycles. The number of halogens is 1. The molecule has 2 aromatic rings. The standard InChI is InChI=1S/C16H16BrNO2/c1-3-12-5-4-8-18-16(12)14(19)10-11-6-7-15(20-2)13(17)9-11/h4-9H,3,10H2,1-2H3. The van der Waals surface area contributed by atoms with Gasteiger partial charge in [-0.05, 0) is 51.7 Å². The highest BCUT2D eigenvalue weighted by Crippen LogP contribution is 2.26. The van der Waals surface area contributed by atoms with Crippen molar-refractivity contribution in [2.75, 3.05) is 7.11 Å². The second-order valence-electron chi connectivity index (χ2n) is 4.43. The summed E-state index contributed by atoms with van der Waals surface area (Å²) < 4.78 is 6.03. The first-order valence-corrected chi connectivity index (χ1v) is 7.24. The van der Waals surface area contributed by atoms with E-state index in [2.05, 4.69) is 20.9 Å². The number of aromatic nitrogens is 1.